The number of amides is 2. The first kappa shape index (κ1) is 23.2. The third-order valence-electron chi connectivity index (χ3n) is 4.81. The van der Waals surface area contributed by atoms with Gasteiger partial charge in [-0.3, -0.25) is 9.59 Å². The molecule has 166 valence electrons. The van der Waals surface area contributed by atoms with Gasteiger partial charge in [-0.1, -0.05) is 36.4 Å². The first-order chi connectivity index (χ1) is 16.0. The molecule has 0 saturated carbocycles. The van der Waals surface area contributed by atoms with Crippen molar-refractivity contribution in [3.8, 4) is 11.8 Å². The van der Waals surface area contributed by atoms with E-state index in [0.717, 1.165) is 22.4 Å². The van der Waals surface area contributed by atoms with Crippen LogP contribution in [0.25, 0.3) is 0 Å². The number of hydrazone groups is 1. The van der Waals surface area contributed by atoms with E-state index in [1.165, 1.54) is 6.21 Å². The van der Waals surface area contributed by atoms with Gasteiger partial charge in [-0.2, -0.15) is 10.4 Å². The molecule has 2 N–H and O–H groups in total. The summed E-state index contributed by atoms with van der Waals surface area (Å²) < 4.78 is 5.73. The number of hydrogen-bond acceptors (Lipinski definition) is 5. The lowest BCUT2D eigenvalue weighted by atomic mass is 10.1. The highest BCUT2D eigenvalue weighted by Crippen LogP contribution is 2.16. The second-order valence-corrected chi connectivity index (χ2v) is 7.28. The topological polar surface area (TPSA) is 104 Å². The molecule has 3 aromatic rings. The SMILES string of the molecule is Cc1ccccc1NC(=O)CCC(=O)NN=Cc1ccc(OCc2ccccc2C#N)cc1. The molecule has 0 spiro atoms. The summed E-state index contributed by atoms with van der Waals surface area (Å²) in [6.45, 7) is 2.20. The van der Waals surface area contributed by atoms with Crippen molar-refractivity contribution in [2.45, 2.75) is 26.4 Å². The first-order valence-electron chi connectivity index (χ1n) is 10.4. The normalized spacial score (nSPS) is 10.4. The quantitative estimate of drug-likeness (QED) is 0.382. The molecule has 3 rings (SSSR count). The molecule has 0 aliphatic carbocycles. The fourth-order valence-electron chi connectivity index (χ4n) is 2.95. The molecule has 0 radical (unpaired) electrons. The van der Waals surface area contributed by atoms with Crippen molar-refractivity contribution >= 4 is 23.7 Å². The highest BCUT2D eigenvalue weighted by atomic mass is 16.5. The summed E-state index contributed by atoms with van der Waals surface area (Å²) in [6.07, 6.45) is 1.61. The number of anilines is 1. The lowest BCUT2D eigenvalue weighted by Crippen LogP contribution is -2.20. The van der Waals surface area contributed by atoms with Gasteiger partial charge in [-0.15, -0.1) is 0 Å². The maximum atomic E-state index is 12.0. The zero-order valence-electron chi connectivity index (χ0n) is 18.2. The van der Waals surface area contributed by atoms with Gasteiger partial charge in [0.2, 0.25) is 11.8 Å². The molecule has 0 unspecified atom stereocenters. The minimum atomic E-state index is -0.345. The number of hydrogen-bond donors (Lipinski definition) is 2. The number of para-hydroxylation sites is 1. The number of rotatable bonds is 9. The average Bonchev–Trinajstić information content (AvgIpc) is 2.84. The second kappa shape index (κ2) is 11.8. The van der Waals surface area contributed by atoms with Crippen molar-refractivity contribution in [2.24, 2.45) is 5.10 Å². The molecule has 0 fully saturated rings. The minimum absolute atomic E-state index is 0.0337. The Balaban J connectivity index is 1.40. The Labute approximate surface area is 192 Å². The zero-order valence-corrected chi connectivity index (χ0v) is 18.2. The molecule has 2 amide bonds. The molecular formula is C26H24N4O3. The van der Waals surface area contributed by atoms with Crippen LogP contribution in [0.15, 0.2) is 77.9 Å². The van der Waals surface area contributed by atoms with Crippen molar-refractivity contribution in [1.29, 1.82) is 5.26 Å². The number of nitriles is 1. The Morgan fingerprint density at radius 3 is 2.42 bits per heavy atom. The predicted molar refractivity (Wildman–Crippen MR) is 127 cm³/mol. The number of benzene rings is 3. The van der Waals surface area contributed by atoms with Crippen LogP contribution >= 0.6 is 0 Å². The van der Waals surface area contributed by atoms with Gasteiger partial charge in [-0.25, -0.2) is 5.43 Å². The highest BCUT2D eigenvalue weighted by Gasteiger charge is 2.08. The third-order valence-corrected chi connectivity index (χ3v) is 4.81. The Bertz CT molecular complexity index is 1180. The molecule has 0 atom stereocenters. The van der Waals surface area contributed by atoms with Gasteiger partial charge in [0.15, 0.2) is 0 Å². The number of ether oxygens (including phenoxy) is 1. The fourth-order valence-corrected chi connectivity index (χ4v) is 2.95. The van der Waals surface area contributed by atoms with E-state index in [1.807, 2.05) is 49.4 Å². The van der Waals surface area contributed by atoms with Gasteiger partial charge < -0.3 is 10.1 Å². The van der Waals surface area contributed by atoms with Crippen LogP contribution in [0.3, 0.4) is 0 Å². The number of carbonyl (C=O) groups excluding carboxylic acids is 2. The van der Waals surface area contributed by atoms with Gasteiger partial charge in [-0.05, 0) is 54.4 Å². The predicted octanol–water partition coefficient (Wildman–Crippen LogP) is 4.31. The maximum absolute atomic E-state index is 12.0. The summed E-state index contributed by atoms with van der Waals surface area (Å²) in [5, 5.41) is 15.9. The Morgan fingerprint density at radius 2 is 1.67 bits per heavy atom. The number of aryl methyl sites for hydroxylation is 1. The number of carbonyl (C=O) groups is 2. The number of nitrogens with zero attached hydrogens (tertiary/aromatic N) is 2. The lowest BCUT2D eigenvalue weighted by Gasteiger charge is -2.08. The summed E-state index contributed by atoms with van der Waals surface area (Å²) in [4.78, 5) is 24.0. The van der Waals surface area contributed by atoms with E-state index < -0.39 is 0 Å². The summed E-state index contributed by atoms with van der Waals surface area (Å²) in [7, 11) is 0. The van der Waals surface area contributed by atoms with Crippen molar-refractivity contribution in [2.75, 3.05) is 5.32 Å². The summed E-state index contributed by atoms with van der Waals surface area (Å²) in [6, 6.07) is 24.1. The highest BCUT2D eigenvalue weighted by molar-refractivity contribution is 5.94. The summed E-state index contributed by atoms with van der Waals surface area (Å²) in [5.41, 5.74) is 6.31. The van der Waals surface area contributed by atoms with E-state index in [4.69, 9.17) is 10.00 Å². The van der Waals surface area contributed by atoms with Gasteiger partial charge in [0.1, 0.15) is 12.4 Å². The van der Waals surface area contributed by atoms with E-state index in [2.05, 4.69) is 21.9 Å². The van der Waals surface area contributed by atoms with Crippen molar-refractivity contribution in [1.82, 2.24) is 5.43 Å². The van der Waals surface area contributed by atoms with Crippen LogP contribution in [-0.4, -0.2) is 18.0 Å². The fraction of sp³-hybridized carbons (Fsp3) is 0.154. The molecule has 0 aliphatic heterocycles. The van der Waals surface area contributed by atoms with E-state index >= 15 is 0 Å². The van der Waals surface area contributed by atoms with E-state index in [0.29, 0.717) is 17.9 Å². The van der Waals surface area contributed by atoms with Crippen LogP contribution < -0.4 is 15.5 Å². The van der Waals surface area contributed by atoms with Crippen LogP contribution in [0.4, 0.5) is 5.69 Å². The Kier molecular flexibility index (Phi) is 8.32. The molecule has 0 saturated heterocycles. The summed E-state index contributed by atoms with van der Waals surface area (Å²) in [5.74, 6) is 0.0855. The molecule has 0 bridgehead atoms. The molecule has 7 heteroatoms. The lowest BCUT2D eigenvalue weighted by molar-refractivity contribution is -0.124. The Morgan fingerprint density at radius 1 is 0.970 bits per heavy atom. The third kappa shape index (κ3) is 7.33. The standard InChI is InChI=1S/C26H24N4O3/c1-19-6-2-5-9-24(19)29-25(31)14-15-26(32)30-28-17-20-10-12-23(13-11-20)33-18-22-8-4-3-7-21(22)16-27/h2-13,17H,14-15,18H2,1H3,(H,29,31)(H,30,32). The minimum Gasteiger partial charge on any atom is -0.489 e. The molecular weight excluding hydrogens is 416 g/mol. The van der Waals surface area contributed by atoms with Gasteiger partial charge in [0, 0.05) is 24.1 Å². The zero-order chi connectivity index (χ0) is 23.5. The van der Waals surface area contributed by atoms with Gasteiger partial charge in [0.25, 0.3) is 0 Å². The van der Waals surface area contributed by atoms with E-state index in [1.54, 1.807) is 30.3 Å². The smallest absolute Gasteiger partial charge is 0.240 e. The van der Waals surface area contributed by atoms with Crippen LogP contribution in [0, 0.1) is 18.3 Å². The van der Waals surface area contributed by atoms with Crippen LogP contribution in [-0.2, 0) is 16.2 Å². The molecule has 33 heavy (non-hydrogen) atoms. The van der Waals surface area contributed by atoms with E-state index in [9.17, 15) is 9.59 Å². The molecule has 0 aromatic heterocycles. The molecule has 7 nitrogen and oxygen atoms in total. The number of nitrogens with one attached hydrogen (secondary N) is 2. The second-order valence-electron chi connectivity index (χ2n) is 7.28. The van der Waals surface area contributed by atoms with Crippen molar-refractivity contribution in [3.05, 3.63) is 95.1 Å². The largest absolute Gasteiger partial charge is 0.489 e. The monoisotopic (exact) mass is 440 g/mol. The molecule has 0 heterocycles. The van der Waals surface area contributed by atoms with Crippen molar-refractivity contribution in [3.63, 3.8) is 0 Å². The van der Waals surface area contributed by atoms with Crippen LogP contribution in [0.5, 0.6) is 5.75 Å². The molecule has 3 aromatic carbocycles. The maximum Gasteiger partial charge on any atom is 0.240 e. The first-order valence-corrected chi connectivity index (χ1v) is 10.4. The van der Waals surface area contributed by atoms with Gasteiger partial charge in [0.05, 0.1) is 17.8 Å². The summed E-state index contributed by atoms with van der Waals surface area (Å²) >= 11 is 0. The van der Waals surface area contributed by atoms with Crippen LogP contribution in [0.1, 0.15) is 35.1 Å². The van der Waals surface area contributed by atoms with Gasteiger partial charge >= 0.3 is 0 Å². The van der Waals surface area contributed by atoms with Crippen molar-refractivity contribution < 1.29 is 14.3 Å². The average molecular weight is 441 g/mol. The van der Waals surface area contributed by atoms with Crippen LogP contribution in [0.2, 0.25) is 0 Å². The molecule has 0 aliphatic rings. The van der Waals surface area contributed by atoms with E-state index in [-0.39, 0.29) is 24.7 Å². The Hall–Kier alpha value is -4.44.